The third-order valence-corrected chi connectivity index (χ3v) is 8.40. The van der Waals surface area contributed by atoms with Crippen LogP contribution in [0.3, 0.4) is 0 Å². The third kappa shape index (κ3) is 3.85. The molecule has 0 radical (unpaired) electrons. The first kappa shape index (κ1) is 23.9. The Labute approximate surface area is 216 Å². The lowest BCUT2D eigenvalue weighted by Crippen LogP contribution is -2.53. The first-order valence-electron chi connectivity index (χ1n) is 13.3. The molecule has 0 saturated carbocycles. The lowest BCUT2D eigenvalue weighted by Gasteiger charge is -2.42. The van der Waals surface area contributed by atoms with Gasteiger partial charge in [-0.25, -0.2) is 4.79 Å². The van der Waals surface area contributed by atoms with E-state index < -0.39 is 11.6 Å². The van der Waals surface area contributed by atoms with Crippen LogP contribution in [-0.2, 0) is 11.2 Å². The Kier molecular flexibility index (Phi) is 5.87. The maximum absolute atomic E-state index is 14.0. The van der Waals surface area contributed by atoms with Gasteiger partial charge >= 0.3 is 6.03 Å². The second kappa shape index (κ2) is 9.10. The number of aromatic hydroxyl groups is 1. The van der Waals surface area contributed by atoms with Gasteiger partial charge in [-0.15, -0.1) is 0 Å². The summed E-state index contributed by atoms with van der Waals surface area (Å²) in [6.45, 7) is 5.00. The number of hydrogen-bond donors (Lipinski definition) is 2. The molecule has 2 N–H and O–H groups in total. The summed E-state index contributed by atoms with van der Waals surface area (Å²) < 4.78 is 5.48. The van der Waals surface area contributed by atoms with Crippen molar-refractivity contribution in [2.24, 2.45) is 0 Å². The quantitative estimate of drug-likeness (QED) is 0.504. The van der Waals surface area contributed by atoms with Crippen LogP contribution in [0.2, 0.25) is 0 Å². The first-order valence-corrected chi connectivity index (χ1v) is 13.3. The zero-order valence-corrected chi connectivity index (χ0v) is 21.5. The van der Waals surface area contributed by atoms with Gasteiger partial charge in [0.25, 0.3) is 5.91 Å². The Morgan fingerprint density at radius 2 is 1.84 bits per heavy atom. The molecule has 3 aliphatic rings. The van der Waals surface area contributed by atoms with Crippen LogP contribution in [0.1, 0.15) is 55.5 Å². The molecule has 0 aliphatic carbocycles. The molecule has 0 spiro atoms. The molecule has 194 valence electrons. The van der Waals surface area contributed by atoms with Gasteiger partial charge in [0, 0.05) is 36.1 Å². The molecule has 3 aromatic rings. The van der Waals surface area contributed by atoms with Crippen LogP contribution in [0.15, 0.2) is 42.5 Å². The normalized spacial score (nSPS) is 24.3. The fraction of sp³-hybridized carbons (Fsp3) is 0.448. The monoisotopic (exact) mass is 502 g/mol. The molecule has 6 rings (SSSR count). The average Bonchev–Trinajstić information content (AvgIpc) is 3.16. The van der Waals surface area contributed by atoms with Crippen molar-refractivity contribution >= 4 is 22.8 Å². The number of hydrogen-bond acceptors (Lipinski definition) is 5. The minimum atomic E-state index is -1.03. The molecule has 1 aromatic heterocycles. The SMILES string of the molecule is COc1ccc2[nH]c3c(c2c1)C[C@@]1(C)C(=O)N(CCN2CCCCCC2)C(=O)N1[C@@H]3c1cccc(O)c1. The van der Waals surface area contributed by atoms with Gasteiger partial charge in [0.15, 0.2) is 0 Å². The number of imide groups is 1. The minimum absolute atomic E-state index is 0.125. The number of ether oxygens (including phenoxy) is 1. The van der Waals surface area contributed by atoms with E-state index in [4.69, 9.17) is 4.74 Å². The van der Waals surface area contributed by atoms with Crippen molar-refractivity contribution in [1.29, 1.82) is 0 Å². The number of phenolic OH excluding ortho intramolecular Hbond substituents is 1. The molecule has 8 heteroatoms. The number of likely N-dealkylation sites (tertiary alicyclic amines) is 1. The molecule has 0 unspecified atom stereocenters. The summed E-state index contributed by atoms with van der Waals surface area (Å²) >= 11 is 0. The van der Waals surface area contributed by atoms with Crippen LogP contribution in [0.5, 0.6) is 11.5 Å². The highest BCUT2D eigenvalue weighted by molar-refractivity contribution is 6.08. The standard InChI is InChI=1S/C29H34N4O4/c1-29-18-23-22-17-21(37-2)10-11-24(22)30-25(23)26(19-8-7-9-20(34)16-19)33(29)28(36)32(27(29)35)15-14-31-12-5-3-4-6-13-31/h7-11,16-17,26,30,34H,3-6,12-15,18H2,1-2H3/t26-,29+/m1/s1. The number of nitrogens with zero attached hydrogens (tertiary/aromatic N) is 3. The number of methoxy groups -OCH3 is 1. The predicted molar refractivity (Wildman–Crippen MR) is 141 cm³/mol. The lowest BCUT2D eigenvalue weighted by atomic mass is 9.81. The van der Waals surface area contributed by atoms with Crippen LogP contribution in [0.25, 0.3) is 10.9 Å². The van der Waals surface area contributed by atoms with Crippen LogP contribution >= 0.6 is 0 Å². The third-order valence-electron chi connectivity index (χ3n) is 8.40. The molecule has 2 atom stereocenters. The van der Waals surface area contributed by atoms with Crippen molar-refractivity contribution < 1.29 is 19.4 Å². The van der Waals surface area contributed by atoms with Crippen molar-refractivity contribution in [2.75, 3.05) is 33.3 Å². The van der Waals surface area contributed by atoms with Gasteiger partial charge in [0.05, 0.1) is 7.11 Å². The van der Waals surface area contributed by atoms with Crippen molar-refractivity contribution in [3.63, 3.8) is 0 Å². The molecule has 8 nitrogen and oxygen atoms in total. The summed E-state index contributed by atoms with van der Waals surface area (Å²) in [6.07, 6.45) is 5.22. The van der Waals surface area contributed by atoms with Gasteiger partial charge in [-0.05, 0) is 74.3 Å². The highest BCUT2D eigenvalue weighted by Gasteiger charge is 2.60. The zero-order valence-electron chi connectivity index (χ0n) is 21.5. The van der Waals surface area contributed by atoms with Crippen molar-refractivity contribution in [3.05, 3.63) is 59.3 Å². The van der Waals surface area contributed by atoms with Gasteiger partial charge in [0.1, 0.15) is 23.1 Å². The lowest BCUT2D eigenvalue weighted by molar-refractivity contribution is -0.133. The zero-order chi connectivity index (χ0) is 25.7. The van der Waals surface area contributed by atoms with E-state index in [0.717, 1.165) is 59.4 Å². The first-order chi connectivity index (χ1) is 17.9. The number of carbonyl (C=O) groups excluding carboxylic acids is 2. The summed E-state index contributed by atoms with van der Waals surface area (Å²) in [5, 5.41) is 11.3. The maximum Gasteiger partial charge on any atom is 0.328 e. The van der Waals surface area contributed by atoms with Gasteiger partial charge < -0.3 is 19.7 Å². The largest absolute Gasteiger partial charge is 0.508 e. The second-order valence-electron chi connectivity index (χ2n) is 10.7. The fourth-order valence-corrected chi connectivity index (χ4v) is 6.46. The number of phenols is 1. The van der Waals surface area contributed by atoms with Crippen LogP contribution in [0.4, 0.5) is 4.79 Å². The van der Waals surface area contributed by atoms with E-state index in [1.165, 1.54) is 17.7 Å². The molecule has 2 fully saturated rings. The number of carbonyl (C=O) groups is 2. The van der Waals surface area contributed by atoms with E-state index in [1.54, 1.807) is 30.2 Å². The van der Waals surface area contributed by atoms with Gasteiger partial charge in [0.2, 0.25) is 0 Å². The molecular weight excluding hydrogens is 468 g/mol. The molecule has 3 amide bonds. The Bertz CT molecular complexity index is 1360. The number of amides is 3. The number of rotatable bonds is 5. The van der Waals surface area contributed by atoms with E-state index >= 15 is 0 Å². The summed E-state index contributed by atoms with van der Waals surface area (Å²) in [6, 6.07) is 12.0. The minimum Gasteiger partial charge on any atom is -0.508 e. The molecule has 2 aromatic carbocycles. The molecule has 0 bridgehead atoms. The highest BCUT2D eigenvalue weighted by atomic mass is 16.5. The van der Waals surface area contributed by atoms with E-state index in [0.29, 0.717) is 19.5 Å². The maximum atomic E-state index is 14.0. The van der Waals surface area contributed by atoms with Crippen LogP contribution in [-0.4, -0.2) is 75.6 Å². The molecule has 4 heterocycles. The van der Waals surface area contributed by atoms with Crippen LogP contribution < -0.4 is 4.74 Å². The number of nitrogens with one attached hydrogen (secondary N) is 1. The predicted octanol–water partition coefficient (Wildman–Crippen LogP) is 4.43. The molecule has 3 aliphatic heterocycles. The van der Waals surface area contributed by atoms with Crippen molar-refractivity contribution in [3.8, 4) is 11.5 Å². The number of benzene rings is 2. The van der Waals surface area contributed by atoms with Crippen molar-refractivity contribution in [1.82, 2.24) is 19.7 Å². The number of aromatic amines is 1. The number of fused-ring (bicyclic) bond motifs is 4. The smallest absolute Gasteiger partial charge is 0.328 e. The molecular formula is C29H34N4O4. The fourth-order valence-electron chi connectivity index (χ4n) is 6.46. The second-order valence-corrected chi connectivity index (χ2v) is 10.7. The van der Waals surface area contributed by atoms with Crippen molar-refractivity contribution in [2.45, 2.75) is 50.6 Å². The van der Waals surface area contributed by atoms with E-state index in [2.05, 4.69) is 9.88 Å². The van der Waals surface area contributed by atoms with Gasteiger partial charge in [-0.1, -0.05) is 25.0 Å². The number of aromatic nitrogens is 1. The van der Waals surface area contributed by atoms with E-state index in [-0.39, 0.29) is 17.7 Å². The van der Waals surface area contributed by atoms with Gasteiger partial charge in [-0.3, -0.25) is 14.6 Å². The Balaban J connectivity index is 1.42. The Morgan fingerprint density at radius 1 is 1.05 bits per heavy atom. The summed E-state index contributed by atoms with van der Waals surface area (Å²) in [4.78, 5) is 37.1. The van der Waals surface area contributed by atoms with E-state index in [1.807, 2.05) is 31.2 Å². The Morgan fingerprint density at radius 3 is 2.57 bits per heavy atom. The molecule has 2 saturated heterocycles. The number of urea groups is 1. The van der Waals surface area contributed by atoms with Gasteiger partial charge in [-0.2, -0.15) is 0 Å². The summed E-state index contributed by atoms with van der Waals surface area (Å²) in [5.74, 6) is 0.712. The highest BCUT2D eigenvalue weighted by Crippen LogP contribution is 2.49. The Hall–Kier alpha value is -3.52. The van der Waals surface area contributed by atoms with E-state index in [9.17, 15) is 14.7 Å². The average molecular weight is 503 g/mol. The van der Waals surface area contributed by atoms with Crippen LogP contribution in [0, 0.1) is 0 Å². The summed E-state index contributed by atoms with van der Waals surface area (Å²) in [5.41, 5.74) is 2.55. The topological polar surface area (TPSA) is 89.1 Å². The molecule has 37 heavy (non-hydrogen) atoms. The number of H-pyrrole nitrogens is 1. The summed E-state index contributed by atoms with van der Waals surface area (Å²) in [7, 11) is 1.64.